The van der Waals surface area contributed by atoms with Gasteiger partial charge >= 0.3 is 0 Å². The summed E-state index contributed by atoms with van der Waals surface area (Å²) in [4.78, 5) is 23.5. The molecule has 14 heavy (non-hydrogen) atoms. The molecule has 0 aromatic heterocycles. The van der Waals surface area contributed by atoms with Crippen LogP contribution in [0.3, 0.4) is 0 Å². The van der Waals surface area contributed by atoms with Crippen LogP contribution in [-0.4, -0.2) is 14.9 Å². The van der Waals surface area contributed by atoms with Gasteiger partial charge in [-0.05, 0) is 24.7 Å². The van der Waals surface area contributed by atoms with Crippen molar-refractivity contribution in [1.82, 2.24) is 3.11 Å². The first-order valence-corrected chi connectivity index (χ1v) is 5.81. The number of carbonyl (C=O) groups is 2. The normalized spacial score (nSPS) is 44.8. The second-order valence-electron chi connectivity index (χ2n) is 4.50. The number of allylic oxidation sites excluding steroid dienone is 2. The number of amides is 2. The number of halogens is 1. The Bertz CT molecular complexity index is 365. The van der Waals surface area contributed by atoms with Crippen LogP contribution in [0.1, 0.15) is 19.3 Å². The Morgan fingerprint density at radius 2 is 2.21 bits per heavy atom. The molecule has 3 aliphatic rings. The standard InChI is InChI=1S/C10H10INO2/c11-12-8(13)5-10(9(12)14)4-6-1-2-7(10)3-6/h1-2,6-7H,3-5H2. The van der Waals surface area contributed by atoms with Crippen molar-refractivity contribution in [2.45, 2.75) is 19.3 Å². The molecule has 0 aromatic carbocycles. The second kappa shape index (κ2) is 2.59. The van der Waals surface area contributed by atoms with Gasteiger partial charge in [0.2, 0.25) is 11.8 Å². The minimum Gasteiger partial charge on any atom is -0.274 e. The maximum absolute atomic E-state index is 12.0. The smallest absolute Gasteiger partial charge is 0.245 e. The quantitative estimate of drug-likeness (QED) is 0.295. The molecule has 74 valence electrons. The number of imide groups is 1. The van der Waals surface area contributed by atoms with Crippen LogP contribution >= 0.6 is 22.9 Å². The van der Waals surface area contributed by atoms with Gasteiger partial charge in [0, 0.05) is 6.42 Å². The topological polar surface area (TPSA) is 37.4 Å². The fourth-order valence-corrected chi connectivity index (χ4v) is 3.78. The lowest BCUT2D eigenvalue weighted by Gasteiger charge is -2.26. The van der Waals surface area contributed by atoms with E-state index in [-0.39, 0.29) is 17.2 Å². The van der Waals surface area contributed by atoms with Crippen LogP contribution in [0.15, 0.2) is 12.2 Å². The first-order chi connectivity index (χ1) is 6.63. The van der Waals surface area contributed by atoms with Crippen LogP contribution in [0.25, 0.3) is 0 Å². The molecule has 1 saturated carbocycles. The molecule has 2 aliphatic carbocycles. The highest BCUT2D eigenvalue weighted by molar-refractivity contribution is 14.1. The van der Waals surface area contributed by atoms with E-state index in [0.717, 1.165) is 12.8 Å². The van der Waals surface area contributed by atoms with E-state index in [1.165, 1.54) is 3.11 Å². The molecule has 0 radical (unpaired) electrons. The Hall–Kier alpha value is -0.390. The molecule has 1 spiro atoms. The zero-order valence-corrected chi connectivity index (χ0v) is 9.73. The van der Waals surface area contributed by atoms with E-state index in [2.05, 4.69) is 12.2 Å². The Kier molecular flexibility index (Phi) is 1.64. The summed E-state index contributed by atoms with van der Waals surface area (Å²) < 4.78 is 1.28. The van der Waals surface area contributed by atoms with Crippen molar-refractivity contribution in [3.63, 3.8) is 0 Å². The summed E-state index contributed by atoms with van der Waals surface area (Å²) >= 11 is 1.83. The van der Waals surface area contributed by atoms with Gasteiger partial charge in [-0.15, -0.1) is 0 Å². The monoisotopic (exact) mass is 303 g/mol. The van der Waals surface area contributed by atoms with E-state index < -0.39 is 0 Å². The first-order valence-electron chi connectivity index (χ1n) is 4.85. The third-order valence-electron chi connectivity index (χ3n) is 3.80. The van der Waals surface area contributed by atoms with E-state index in [9.17, 15) is 9.59 Å². The molecule has 3 nitrogen and oxygen atoms in total. The zero-order valence-electron chi connectivity index (χ0n) is 7.57. The van der Waals surface area contributed by atoms with E-state index in [1.54, 1.807) is 0 Å². The zero-order chi connectivity index (χ0) is 9.92. The fraction of sp³-hybridized carbons (Fsp3) is 0.600. The predicted molar refractivity (Wildman–Crippen MR) is 58.3 cm³/mol. The van der Waals surface area contributed by atoms with Gasteiger partial charge in [-0.2, -0.15) is 0 Å². The van der Waals surface area contributed by atoms with Crippen molar-refractivity contribution in [3.8, 4) is 0 Å². The van der Waals surface area contributed by atoms with Gasteiger partial charge in [0.1, 0.15) is 0 Å². The minimum atomic E-state index is -0.350. The van der Waals surface area contributed by atoms with E-state index in [4.69, 9.17) is 0 Å². The van der Waals surface area contributed by atoms with Crippen LogP contribution in [-0.2, 0) is 9.59 Å². The third-order valence-corrected chi connectivity index (χ3v) is 4.77. The summed E-state index contributed by atoms with van der Waals surface area (Å²) in [7, 11) is 0. The lowest BCUT2D eigenvalue weighted by Crippen LogP contribution is -2.33. The van der Waals surface area contributed by atoms with Crippen LogP contribution in [0.2, 0.25) is 0 Å². The maximum Gasteiger partial charge on any atom is 0.245 e. The van der Waals surface area contributed by atoms with Crippen molar-refractivity contribution >= 4 is 34.7 Å². The lowest BCUT2D eigenvalue weighted by atomic mass is 9.74. The third kappa shape index (κ3) is 0.877. The first kappa shape index (κ1) is 8.88. The Morgan fingerprint density at radius 1 is 1.43 bits per heavy atom. The van der Waals surface area contributed by atoms with Gasteiger partial charge in [0.05, 0.1) is 28.3 Å². The number of hydrogen-bond acceptors (Lipinski definition) is 2. The summed E-state index contributed by atoms with van der Waals surface area (Å²) in [6, 6.07) is 0. The molecule has 3 unspecified atom stereocenters. The maximum atomic E-state index is 12.0. The molecular weight excluding hydrogens is 293 g/mol. The lowest BCUT2D eigenvalue weighted by molar-refractivity contribution is -0.134. The van der Waals surface area contributed by atoms with Crippen molar-refractivity contribution in [2.75, 3.05) is 0 Å². The molecular formula is C10H10INO2. The highest BCUT2D eigenvalue weighted by Gasteiger charge is 2.60. The van der Waals surface area contributed by atoms with Gasteiger partial charge in [0.15, 0.2) is 0 Å². The number of carbonyl (C=O) groups excluding carboxylic acids is 2. The van der Waals surface area contributed by atoms with Gasteiger partial charge < -0.3 is 0 Å². The molecule has 2 amide bonds. The fourth-order valence-electron chi connectivity index (χ4n) is 3.13. The molecule has 2 bridgehead atoms. The predicted octanol–water partition coefficient (Wildman–Crippen LogP) is 1.68. The summed E-state index contributed by atoms with van der Waals surface area (Å²) in [5.41, 5.74) is -0.350. The number of hydrogen-bond donors (Lipinski definition) is 0. The molecule has 1 aliphatic heterocycles. The summed E-state index contributed by atoms with van der Waals surface area (Å²) in [5, 5.41) is 0. The number of fused-ring (bicyclic) bond motifs is 3. The minimum absolute atomic E-state index is 0.0171. The highest BCUT2D eigenvalue weighted by atomic mass is 127. The van der Waals surface area contributed by atoms with Gasteiger partial charge in [-0.25, -0.2) is 3.11 Å². The summed E-state index contributed by atoms with van der Waals surface area (Å²) in [6.45, 7) is 0. The second-order valence-corrected chi connectivity index (χ2v) is 5.47. The van der Waals surface area contributed by atoms with E-state index in [1.807, 2.05) is 22.9 Å². The summed E-state index contributed by atoms with van der Waals surface area (Å²) in [6.07, 6.45) is 6.72. The van der Waals surface area contributed by atoms with Gasteiger partial charge in [-0.1, -0.05) is 12.2 Å². The van der Waals surface area contributed by atoms with Crippen LogP contribution in [0.5, 0.6) is 0 Å². The Labute approximate surface area is 96.0 Å². The molecule has 2 fully saturated rings. The van der Waals surface area contributed by atoms with Crippen LogP contribution in [0, 0.1) is 17.3 Å². The van der Waals surface area contributed by atoms with Crippen molar-refractivity contribution in [2.24, 2.45) is 17.3 Å². The SMILES string of the molecule is O=C1CC2(CC3C=CC2C3)C(=O)N1I. The molecule has 3 rings (SSSR count). The molecule has 0 N–H and O–H groups in total. The van der Waals surface area contributed by atoms with Crippen LogP contribution < -0.4 is 0 Å². The highest BCUT2D eigenvalue weighted by Crippen LogP contribution is 2.57. The van der Waals surface area contributed by atoms with Crippen LogP contribution in [0.4, 0.5) is 0 Å². The van der Waals surface area contributed by atoms with Crippen molar-refractivity contribution < 1.29 is 9.59 Å². The van der Waals surface area contributed by atoms with Gasteiger partial charge in [-0.3, -0.25) is 9.59 Å². The number of nitrogens with zero attached hydrogens (tertiary/aromatic N) is 1. The average molecular weight is 303 g/mol. The van der Waals surface area contributed by atoms with E-state index >= 15 is 0 Å². The Morgan fingerprint density at radius 3 is 2.64 bits per heavy atom. The average Bonchev–Trinajstić information content (AvgIpc) is 2.79. The van der Waals surface area contributed by atoms with Crippen molar-refractivity contribution in [1.29, 1.82) is 0 Å². The van der Waals surface area contributed by atoms with E-state index in [0.29, 0.717) is 18.3 Å². The van der Waals surface area contributed by atoms with Gasteiger partial charge in [0.25, 0.3) is 0 Å². The molecule has 1 heterocycles. The number of rotatable bonds is 0. The largest absolute Gasteiger partial charge is 0.274 e. The van der Waals surface area contributed by atoms with Crippen molar-refractivity contribution in [3.05, 3.63) is 12.2 Å². The molecule has 0 aromatic rings. The summed E-state index contributed by atoms with van der Waals surface area (Å²) in [5.74, 6) is 0.889. The molecule has 3 atom stereocenters. The molecule has 4 heteroatoms. The molecule has 1 saturated heterocycles. The Balaban J connectivity index is 2.03.